The number of amides is 1. The first-order valence-corrected chi connectivity index (χ1v) is 7.95. The minimum absolute atomic E-state index is 0.0637. The van der Waals surface area contributed by atoms with Crippen molar-refractivity contribution in [2.45, 2.75) is 20.1 Å². The summed E-state index contributed by atoms with van der Waals surface area (Å²) in [5.74, 6) is -0.0321. The zero-order valence-electron chi connectivity index (χ0n) is 13.6. The van der Waals surface area contributed by atoms with Crippen LogP contribution in [-0.2, 0) is 22.7 Å². The Bertz CT molecular complexity index is 894. The maximum atomic E-state index is 12.5. The molecule has 130 valence electrons. The molecule has 0 spiro atoms. The molecule has 0 saturated heterocycles. The Balaban J connectivity index is 2.24. The summed E-state index contributed by atoms with van der Waals surface area (Å²) < 4.78 is 11.8. The largest absolute Gasteiger partial charge is 0.463 e. The molecule has 0 aliphatic rings. The van der Waals surface area contributed by atoms with E-state index in [0.29, 0.717) is 21.5 Å². The number of nitriles is 1. The van der Waals surface area contributed by atoms with Gasteiger partial charge in [0.25, 0.3) is 11.5 Å². The van der Waals surface area contributed by atoms with Gasteiger partial charge in [-0.05, 0) is 35.0 Å². The molecule has 2 aromatic heterocycles. The summed E-state index contributed by atoms with van der Waals surface area (Å²) in [5.41, 5.74) is 2.66. The van der Waals surface area contributed by atoms with Crippen LogP contribution >= 0.6 is 15.9 Å². The molecule has 0 radical (unpaired) electrons. The number of hydrazone groups is 1. The Morgan fingerprint density at radius 3 is 2.96 bits per heavy atom. The second kappa shape index (κ2) is 8.41. The minimum atomic E-state index is -0.555. The summed E-state index contributed by atoms with van der Waals surface area (Å²) in [6.07, 6.45) is 2.82. The molecule has 0 unspecified atom stereocenters. The van der Waals surface area contributed by atoms with Crippen molar-refractivity contribution < 1.29 is 13.9 Å². The van der Waals surface area contributed by atoms with Crippen LogP contribution in [-0.4, -0.2) is 23.8 Å². The predicted octanol–water partition coefficient (Wildman–Crippen LogP) is 1.68. The number of ether oxygens (including phenoxy) is 1. The summed E-state index contributed by atoms with van der Waals surface area (Å²) in [7, 11) is 1.47. The smallest absolute Gasteiger partial charge is 0.269 e. The number of hydrogen-bond donors (Lipinski definition) is 1. The Labute approximate surface area is 151 Å². The summed E-state index contributed by atoms with van der Waals surface area (Å²) in [5, 5.41) is 13.0. The monoisotopic (exact) mass is 406 g/mol. The van der Waals surface area contributed by atoms with Crippen molar-refractivity contribution in [3.63, 3.8) is 0 Å². The highest BCUT2D eigenvalue weighted by Gasteiger charge is 2.19. The Morgan fingerprint density at radius 1 is 1.60 bits per heavy atom. The van der Waals surface area contributed by atoms with E-state index in [-0.39, 0.29) is 18.7 Å². The van der Waals surface area contributed by atoms with Gasteiger partial charge >= 0.3 is 0 Å². The van der Waals surface area contributed by atoms with E-state index in [1.807, 2.05) is 6.07 Å². The van der Waals surface area contributed by atoms with Gasteiger partial charge in [0.2, 0.25) is 0 Å². The molecule has 25 heavy (non-hydrogen) atoms. The van der Waals surface area contributed by atoms with Crippen molar-refractivity contribution in [2.24, 2.45) is 5.10 Å². The van der Waals surface area contributed by atoms with Crippen molar-refractivity contribution in [1.29, 1.82) is 5.26 Å². The highest BCUT2D eigenvalue weighted by Crippen LogP contribution is 2.23. The molecular formula is C16H15BrN4O4. The third kappa shape index (κ3) is 4.23. The molecule has 9 heteroatoms. The van der Waals surface area contributed by atoms with Crippen molar-refractivity contribution in [3.05, 3.63) is 55.8 Å². The van der Waals surface area contributed by atoms with Gasteiger partial charge in [-0.2, -0.15) is 10.4 Å². The highest BCUT2D eigenvalue weighted by molar-refractivity contribution is 9.10. The number of furan rings is 1. The molecule has 0 saturated carbocycles. The molecule has 2 heterocycles. The van der Waals surface area contributed by atoms with Gasteiger partial charge in [-0.3, -0.25) is 9.59 Å². The van der Waals surface area contributed by atoms with Crippen LogP contribution in [0.1, 0.15) is 22.6 Å². The second-order valence-corrected chi connectivity index (χ2v) is 5.79. The number of hydrogen-bond acceptors (Lipinski definition) is 6. The van der Waals surface area contributed by atoms with E-state index < -0.39 is 11.5 Å². The van der Waals surface area contributed by atoms with Crippen LogP contribution in [0.25, 0.3) is 0 Å². The maximum Gasteiger partial charge on any atom is 0.269 e. The lowest BCUT2D eigenvalue weighted by atomic mass is 10.1. The second-order valence-electron chi connectivity index (χ2n) is 5.00. The molecule has 0 fully saturated rings. The number of carbonyl (C=O) groups is 1. The fourth-order valence-corrected chi connectivity index (χ4v) is 2.69. The molecule has 0 aromatic carbocycles. The molecule has 1 amide bonds. The van der Waals surface area contributed by atoms with Crippen molar-refractivity contribution in [1.82, 2.24) is 9.99 Å². The van der Waals surface area contributed by atoms with E-state index in [1.165, 1.54) is 24.2 Å². The van der Waals surface area contributed by atoms with E-state index in [0.717, 1.165) is 0 Å². The molecule has 8 nitrogen and oxygen atoms in total. The zero-order valence-corrected chi connectivity index (χ0v) is 15.2. The van der Waals surface area contributed by atoms with Crippen molar-refractivity contribution >= 4 is 28.1 Å². The first-order valence-electron chi connectivity index (χ1n) is 7.15. The van der Waals surface area contributed by atoms with E-state index in [9.17, 15) is 14.9 Å². The fraction of sp³-hybridized carbons (Fsp3) is 0.250. The Kier molecular flexibility index (Phi) is 6.27. The van der Waals surface area contributed by atoms with E-state index in [1.54, 1.807) is 19.1 Å². The van der Waals surface area contributed by atoms with Gasteiger partial charge in [-0.1, -0.05) is 0 Å². The lowest BCUT2D eigenvalue weighted by Gasteiger charge is -2.15. The van der Waals surface area contributed by atoms with E-state index >= 15 is 0 Å². The lowest BCUT2D eigenvalue weighted by molar-refractivity contribution is -0.121. The summed E-state index contributed by atoms with van der Waals surface area (Å²) >= 11 is 3.36. The maximum absolute atomic E-state index is 12.5. The van der Waals surface area contributed by atoms with E-state index in [2.05, 4.69) is 26.5 Å². The van der Waals surface area contributed by atoms with Crippen LogP contribution in [0.3, 0.4) is 0 Å². The van der Waals surface area contributed by atoms with Crippen molar-refractivity contribution in [2.75, 3.05) is 7.11 Å². The summed E-state index contributed by atoms with van der Waals surface area (Å²) in [6.45, 7) is 1.51. The highest BCUT2D eigenvalue weighted by atomic mass is 79.9. The predicted molar refractivity (Wildman–Crippen MR) is 93.0 cm³/mol. The third-order valence-electron chi connectivity index (χ3n) is 3.37. The number of nitrogens with one attached hydrogen (secondary N) is 1. The molecule has 2 rings (SSSR count). The zero-order chi connectivity index (χ0) is 18.4. The third-order valence-corrected chi connectivity index (χ3v) is 4.43. The molecule has 0 aliphatic carbocycles. The minimum Gasteiger partial charge on any atom is -0.463 e. The van der Waals surface area contributed by atoms with Crippen LogP contribution < -0.4 is 11.0 Å². The van der Waals surface area contributed by atoms with Gasteiger partial charge in [0.1, 0.15) is 23.9 Å². The average molecular weight is 407 g/mol. The average Bonchev–Trinajstić information content (AvgIpc) is 3.10. The van der Waals surface area contributed by atoms with Gasteiger partial charge in [0.15, 0.2) is 0 Å². The van der Waals surface area contributed by atoms with Gasteiger partial charge in [0, 0.05) is 22.8 Å². The quantitative estimate of drug-likeness (QED) is 0.579. The van der Waals surface area contributed by atoms with Crippen LogP contribution in [0, 0.1) is 18.3 Å². The summed E-state index contributed by atoms with van der Waals surface area (Å²) in [4.78, 5) is 24.5. The van der Waals surface area contributed by atoms with Crippen LogP contribution in [0.5, 0.6) is 0 Å². The number of methoxy groups -OCH3 is 1. The Hall–Kier alpha value is -2.70. The van der Waals surface area contributed by atoms with Gasteiger partial charge in [-0.15, -0.1) is 0 Å². The SMILES string of the molecule is COCc1c(Br)c(C)n(CC(=O)NN=Cc2ccco2)c(=O)c1C#N. The number of carbonyl (C=O) groups excluding carboxylic acids is 1. The normalized spacial score (nSPS) is 10.8. The lowest BCUT2D eigenvalue weighted by Crippen LogP contribution is -2.33. The van der Waals surface area contributed by atoms with Crippen LogP contribution in [0.15, 0.2) is 37.2 Å². The molecule has 0 atom stereocenters. The van der Waals surface area contributed by atoms with Gasteiger partial charge < -0.3 is 13.7 Å². The Morgan fingerprint density at radius 2 is 2.36 bits per heavy atom. The van der Waals surface area contributed by atoms with Crippen LogP contribution in [0.2, 0.25) is 0 Å². The number of pyridine rings is 1. The van der Waals surface area contributed by atoms with Crippen LogP contribution in [0.4, 0.5) is 0 Å². The topological polar surface area (TPSA) is 110 Å². The van der Waals surface area contributed by atoms with E-state index in [4.69, 9.17) is 9.15 Å². The molecule has 0 aliphatic heterocycles. The van der Waals surface area contributed by atoms with Gasteiger partial charge in [0.05, 0.1) is 19.1 Å². The summed E-state index contributed by atoms with van der Waals surface area (Å²) in [6, 6.07) is 5.24. The molecule has 1 N–H and O–H groups in total. The molecule has 2 aromatic rings. The van der Waals surface area contributed by atoms with Gasteiger partial charge in [-0.25, -0.2) is 5.43 Å². The number of nitrogens with zero attached hydrogens (tertiary/aromatic N) is 3. The first-order chi connectivity index (χ1) is 12.0. The number of rotatable bonds is 6. The number of halogens is 1. The molecule has 0 bridgehead atoms. The standard InChI is InChI=1S/C16H15BrN4O4/c1-10-15(17)13(9-24-2)12(6-18)16(23)21(10)8-14(22)20-19-7-11-4-3-5-25-11/h3-5,7H,8-9H2,1-2H3,(H,20,22). The number of aromatic nitrogens is 1. The molecular weight excluding hydrogens is 392 g/mol. The first kappa shape index (κ1) is 18.6. The van der Waals surface area contributed by atoms with Crippen molar-refractivity contribution in [3.8, 4) is 6.07 Å². The fourth-order valence-electron chi connectivity index (χ4n) is 2.16.